The summed E-state index contributed by atoms with van der Waals surface area (Å²) in [5, 5.41) is 4.32. The highest BCUT2D eigenvalue weighted by molar-refractivity contribution is 5.96. The van der Waals surface area contributed by atoms with Crippen LogP contribution in [0.3, 0.4) is 0 Å². The van der Waals surface area contributed by atoms with Gasteiger partial charge in [0.2, 0.25) is 0 Å². The second-order valence-electron chi connectivity index (χ2n) is 7.01. The summed E-state index contributed by atoms with van der Waals surface area (Å²) in [6, 6.07) is 9.01. The average Bonchev–Trinajstić information content (AvgIpc) is 2.56. The Morgan fingerprint density at radius 1 is 1.32 bits per heavy atom. The van der Waals surface area contributed by atoms with Gasteiger partial charge in [0.1, 0.15) is 5.75 Å². The van der Waals surface area contributed by atoms with Crippen molar-refractivity contribution in [1.29, 1.82) is 0 Å². The van der Waals surface area contributed by atoms with Crippen LogP contribution in [0.25, 0.3) is 0 Å². The maximum atomic E-state index is 12.6. The first-order chi connectivity index (χ1) is 11.9. The Balaban J connectivity index is 1.65. The fourth-order valence-corrected chi connectivity index (χ4v) is 3.31. The van der Waals surface area contributed by atoms with E-state index in [2.05, 4.69) is 5.10 Å². The van der Waals surface area contributed by atoms with Gasteiger partial charge in [0.25, 0.3) is 5.56 Å². The van der Waals surface area contributed by atoms with Gasteiger partial charge in [0.05, 0.1) is 11.8 Å². The van der Waals surface area contributed by atoms with Crippen LogP contribution in [0.5, 0.6) is 5.75 Å². The molecule has 1 aliphatic rings. The van der Waals surface area contributed by atoms with Crippen LogP contribution in [0.2, 0.25) is 0 Å². The minimum atomic E-state index is -0.0912. The van der Waals surface area contributed by atoms with Crippen LogP contribution >= 0.6 is 0 Å². The number of hydrogen-bond acceptors (Lipinski definition) is 4. The summed E-state index contributed by atoms with van der Waals surface area (Å²) in [6.45, 7) is 3.95. The quantitative estimate of drug-likeness (QED) is 0.785. The molecule has 1 unspecified atom stereocenters. The zero-order valence-corrected chi connectivity index (χ0v) is 15.0. The van der Waals surface area contributed by atoms with E-state index in [4.69, 9.17) is 4.74 Å². The number of ketones is 1. The summed E-state index contributed by atoms with van der Waals surface area (Å²) in [5.41, 5.74) is 2.60. The Bertz CT molecular complexity index is 822. The van der Waals surface area contributed by atoms with E-state index >= 15 is 0 Å². The lowest BCUT2D eigenvalue weighted by atomic mass is 9.83. The van der Waals surface area contributed by atoms with Crippen LogP contribution in [0.4, 0.5) is 0 Å². The van der Waals surface area contributed by atoms with Gasteiger partial charge in [-0.05, 0) is 68.9 Å². The van der Waals surface area contributed by atoms with Crippen molar-refractivity contribution in [2.45, 2.75) is 45.6 Å². The van der Waals surface area contributed by atoms with E-state index in [0.717, 1.165) is 36.3 Å². The van der Waals surface area contributed by atoms with Gasteiger partial charge in [0, 0.05) is 25.1 Å². The maximum absolute atomic E-state index is 12.6. The molecule has 0 saturated carbocycles. The third kappa shape index (κ3) is 4.16. The highest BCUT2D eigenvalue weighted by Crippen LogP contribution is 2.27. The molecule has 5 nitrogen and oxygen atoms in total. The minimum Gasteiger partial charge on any atom is -0.491 e. The topological polar surface area (TPSA) is 61.2 Å². The molecule has 0 radical (unpaired) electrons. The van der Waals surface area contributed by atoms with Crippen LogP contribution in [0.1, 0.15) is 48.3 Å². The van der Waals surface area contributed by atoms with Crippen molar-refractivity contribution in [2.24, 2.45) is 13.0 Å². The molecule has 1 atom stereocenters. The van der Waals surface area contributed by atoms with Gasteiger partial charge >= 0.3 is 0 Å². The van der Waals surface area contributed by atoms with Crippen LogP contribution in [0.15, 0.2) is 35.1 Å². The molecule has 0 spiro atoms. The second kappa shape index (κ2) is 7.21. The van der Waals surface area contributed by atoms with Crippen LogP contribution in [0, 0.1) is 5.92 Å². The predicted molar refractivity (Wildman–Crippen MR) is 96.1 cm³/mol. The molecule has 2 aromatic rings. The van der Waals surface area contributed by atoms with Crippen molar-refractivity contribution in [3.05, 3.63) is 57.5 Å². The number of aromatic nitrogens is 2. The van der Waals surface area contributed by atoms with E-state index in [1.54, 1.807) is 13.1 Å². The van der Waals surface area contributed by atoms with E-state index in [1.807, 2.05) is 38.1 Å². The van der Waals surface area contributed by atoms with E-state index in [0.29, 0.717) is 12.0 Å². The molecule has 3 rings (SSSR count). The van der Waals surface area contributed by atoms with Crippen molar-refractivity contribution >= 4 is 5.78 Å². The molecule has 0 N–H and O–H groups in total. The molecule has 1 aromatic heterocycles. The normalized spacial score (nSPS) is 16.6. The fraction of sp³-hybridized carbons (Fsp3) is 0.450. The van der Waals surface area contributed by atoms with Crippen LogP contribution in [-0.2, 0) is 19.9 Å². The lowest BCUT2D eigenvalue weighted by molar-refractivity contribution is 0.0957. The van der Waals surface area contributed by atoms with Crippen LogP contribution < -0.4 is 10.3 Å². The number of fused-ring (bicyclic) bond motifs is 1. The van der Waals surface area contributed by atoms with Gasteiger partial charge < -0.3 is 4.74 Å². The van der Waals surface area contributed by atoms with Crippen molar-refractivity contribution in [1.82, 2.24) is 9.78 Å². The number of rotatable bonds is 5. The van der Waals surface area contributed by atoms with Crippen molar-refractivity contribution in [3.8, 4) is 5.75 Å². The number of carbonyl (C=O) groups excluding carboxylic acids is 1. The zero-order valence-electron chi connectivity index (χ0n) is 15.0. The highest BCUT2D eigenvalue weighted by atomic mass is 16.5. The lowest BCUT2D eigenvalue weighted by Crippen LogP contribution is -2.26. The first-order valence-corrected chi connectivity index (χ1v) is 8.78. The first kappa shape index (κ1) is 17.4. The third-order valence-electron chi connectivity index (χ3n) is 4.58. The standard InChI is InChI=1S/C20H24N2O3/c1-13(2)25-17-7-5-15(6-8-17)19(23)11-14-4-9-18-16(10-14)12-20(24)22(3)21-18/h5-8,12-14H,4,9-11H2,1-3H3. The Hall–Kier alpha value is -2.43. The Kier molecular flexibility index (Phi) is 5.02. The zero-order chi connectivity index (χ0) is 18.0. The molecule has 25 heavy (non-hydrogen) atoms. The summed E-state index contributed by atoms with van der Waals surface area (Å²) >= 11 is 0. The maximum Gasteiger partial charge on any atom is 0.266 e. The molecule has 1 aromatic carbocycles. The molecular formula is C20H24N2O3. The lowest BCUT2D eigenvalue weighted by Gasteiger charge is -2.23. The molecule has 0 bridgehead atoms. The summed E-state index contributed by atoms with van der Waals surface area (Å²) in [4.78, 5) is 24.3. The number of aryl methyl sites for hydroxylation is 2. The largest absolute Gasteiger partial charge is 0.491 e. The molecule has 0 aliphatic heterocycles. The summed E-state index contributed by atoms with van der Waals surface area (Å²) < 4.78 is 6.99. The van der Waals surface area contributed by atoms with Crippen LogP contribution in [-0.4, -0.2) is 21.7 Å². The Morgan fingerprint density at radius 3 is 2.72 bits per heavy atom. The molecule has 1 aliphatic carbocycles. The number of carbonyl (C=O) groups is 1. The number of Topliss-reactive ketones (excluding diaryl/α,β-unsaturated/α-hetero) is 1. The number of nitrogens with zero attached hydrogens (tertiary/aromatic N) is 2. The summed E-state index contributed by atoms with van der Waals surface area (Å²) in [6.07, 6.45) is 3.11. The second-order valence-corrected chi connectivity index (χ2v) is 7.01. The molecule has 5 heteroatoms. The SMILES string of the molecule is CC(C)Oc1ccc(C(=O)CC2CCc3nn(C)c(=O)cc3C2)cc1. The minimum absolute atomic E-state index is 0.0912. The van der Waals surface area contributed by atoms with Gasteiger partial charge in [-0.25, -0.2) is 4.68 Å². The highest BCUT2D eigenvalue weighted by Gasteiger charge is 2.23. The van der Waals surface area contributed by atoms with Gasteiger partial charge in [-0.15, -0.1) is 0 Å². The molecule has 0 fully saturated rings. The van der Waals surface area contributed by atoms with Gasteiger partial charge in [0.15, 0.2) is 5.78 Å². The van der Waals surface area contributed by atoms with Gasteiger partial charge in [-0.2, -0.15) is 5.10 Å². The van der Waals surface area contributed by atoms with Crippen molar-refractivity contribution < 1.29 is 9.53 Å². The summed E-state index contributed by atoms with van der Waals surface area (Å²) in [7, 11) is 1.67. The van der Waals surface area contributed by atoms with Gasteiger partial charge in [-0.3, -0.25) is 9.59 Å². The first-order valence-electron chi connectivity index (χ1n) is 8.78. The molecule has 0 amide bonds. The monoisotopic (exact) mass is 340 g/mol. The summed E-state index contributed by atoms with van der Waals surface area (Å²) in [5.74, 6) is 1.18. The number of benzene rings is 1. The third-order valence-corrected chi connectivity index (χ3v) is 4.58. The van der Waals surface area contributed by atoms with Gasteiger partial charge in [-0.1, -0.05) is 0 Å². The molecule has 132 valence electrons. The van der Waals surface area contributed by atoms with E-state index in [1.165, 1.54) is 4.68 Å². The van der Waals surface area contributed by atoms with Crippen molar-refractivity contribution in [2.75, 3.05) is 0 Å². The Labute approximate surface area is 147 Å². The molecule has 0 saturated heterocycles. The van der Waals surface area contributed by atoms with E-state index in [9.17, 15) is 9.59 Å². The number of ether oxygens (including phenoxy) is 1. The molecule has 1 heterocycles. The average molecular weight is 340 g/mol. The Morgan fingerprint density at radius 2 is 2.04 bits per heavy atom. The number of hydrogen-bond donors (Lipinski definition) is 0. The predicted octanol–water partition coefficient (Wildman–Crippen LogP) is 2.95. The smallest absolute Gasteiger partial charge is 0.266 e. The van der Waals surface area contributed by atoms with E-state index in [-0.39, 0.29) is 23.4 Å². The van der Waals surface area contributed by atoms with E-state index < -0.39 is 0 Å². The van der Waals surface area contributed by atoms with Crippen molar-refractivity contribution in [3.63, 3.8) is 0 Å². The fourth-order valence-electron chi connectivity index (χ4n) is 3.31. The molecular weight excluding hydrogens is 316 g/mol.